The summed E-state index contributed by atoms with van der Waals surface area (Å²) in [5.41, 5.74) is 1.27. The third kappa shape index (κ3) is 7.15. The number of para-hydroxylation sites is 2. The van der Waals surface area contributed by atoms with Gasteiger partial charge in [-0.3, -0.25) is 14.5 Å². The Morgan fingerprint density at radius 2 is 1.76 bits per heavy atom. The zero-order valence-electron chi connectivity index (χ0n) is 19.5. The first-order valence-electron chi connectivity index (χ1n) is 11.4. The number of amides is 2. The maximum Gasteiger partial charge on any atom is 0.387 e. The van der Waals surface area contributed by atoms with Gasteiger partial charge in [0.25, 0.3) is 0 Å². The zero-order chi connectivity index (χ0) is 24.5. The number of alkyl halides is 2. The summed E-state index contributed by atoms with van der Waals surface area (Å²) in [7, 11) is 1.62. The lowest BCUT2D eigenvalue weighted by Gasteiger charge is -2.27. The Bertz CT molecular complexity index is 955. The number of carbonyl (C=O) groups excluding carboxylic acids is 2. The Hall–Kier alpha value is -3.20. The van der Waals surface area contributed by atoms with Crippen LogP contribution in [-0.4, -0.2) is 67.6 Å². The van der Waals surface area contributed by atoms with E-state index in [0.29, 0.717) is 39.0 Å². The molecule has 2 aromatic carbocycles. The van der Waals surface area contributed by atoms with Gasteiger partial charge < -0.3 is 19.7 Å². The van der Waals surface area contributed by atoms with E-state index >= 15 is 0 Å². The van der Waals surface area contributed by atoms with Gasteiger partial charge in [-0.1, -0.05) is 24.3 Å². The van der Waals surface area contributed by atoms with Crippen LogP contribution in [0.1, 0.15) is 25.3 Å². The summed E-state index contributed by atoms with van der Waals surface area (Å²) >= 11 is 0. The summed E-state index contributed by atoms with van der Waals surface area (Å²) in [5.74, 6) is 0.478. The first kappa shape index (κ1) is 25.4. The lowest BCUT2D eigenvalue weighted by atomic mass is 10.1. The van der Waals surface area contributed by atoms with E-state index < -0.39 is 12.7 Å². The lowest BCUT2D eigenvalue weighted by Crippen LogP contribution is -2.44. The predicted molar refractivity (Wildman–Crippen MR) is 125 cm³/mol. The van der Waals surface area contributed by atoms with E-state index in [1.807, 2.05) is 34.1 Å². The van der Waals surface area contributed by atoms with Crippen molar-refractivity contribution in [2.45, 2.75) is 38.8 Å². The van der Waals surface area contributed by atoms with Crippen LogP contribution >= 0.6 is 0 Å². The van der Waals surface area contributed by atoms with Crippen molar-refractivity contribution in [3.05, 3.63) is 54.1 Å². The van der Waals surface area contributed by atoms with Gasteiger partial charge in [-0.05, 0) is 49.6 Å². The van der Waals surface area contributed by atoms with Crippen molar-refractivity contribution in [2.24, 2.45) is 0 Å². The Kier molecular flexibility index (Phi) is 9.21. The van der Waals surface area contributed by atoms with Crippen molar-refractivity contribution in [1.82, 2.24) is 9.80 Å². The van der Waals surface area contributed by atoms with Crippen molar-refractivity contribution in [3.63, 3.8) is 0 Å². The number of ether oxygens (including phenoxy) is 2. The zero-order valence-corrected chi connectivity index (χ0v) is 19.5. The molecule has 0 radical (unpaired) electrons. The number of aryl methyl sites for hydroxylation is 1. The number of hydrogen-bond acceptors (Lipinski definition) is 5. The normalized spacial score (nSPS) is 15.5. The second-order valence-corrected chi connectivity index (χ2v) is 8.16. The van der Waals surface area contributed by atoms with Gasteiger partial charge in [-0.2, -0.15) is 8.78 Å². The molecule has 0 saturated carbocycles. The molecule has 184 valence electrons. The Morgan fingerprint density at radius 1 is 1.03 bits per heavy atom. The smallest absolute Gasteiger partial charge is 0.387 e. The average Bonchev–Trinajstić information content (AvgIpc) is 3.09. The van der Waals surface area contributed by atoms with E-state index in [-0.39, 0.29) is 23.3 Å². The molecule has 9 heteroatoms. The Balaban J connectivity index is 1.50. The second-order valence-electron chi connectivity index (χ2n) is 8.16. The summed E-state index contributed by atoms with van der Waals surface area (Å²) < 4.78 is 34.9. The first-order chi connectivity index (χ1) is 16.4. The predicted octanol–water partition coefficient (Wildman–Crippen LogP) is 3.79. The molecule has 7 nitrogen and oxygen atoms in total. The minimum atomic E-state index is -2.98. The number of nitrogens with one attached hydrogen (secondary N) is 1. The molecule has 1 fully saturated rings. The molecular formula is C25H31F2N3O4. The van der Waals surface area contributed by atoms with Crippen LogP contribution in [0.3, 0.4) is 0 Å². The van der Waals surface area contributed by atoms with Crippen molar-refractivity contribution in [3.8, 4) is 11.5 Å². The number of anilines is 1. The maximum atomic E-state index is 12.8. The van der Waals surface area contributed by atoms with Gasteiger partial charge in [0, 0.05) is 32.6 Å². The van der Waals surface area contributed by atoms with Crippen LogP contribution in [0.25, 0.3) is 0 Å². The van der Waals surface area contributed by atoms with Crippen molar-refractivity contribution < 1.29 is 27.8 Å². The maximum absolute atomic E-state index is 12.8. The highest BCUT2D eigenvalue weighted by Crippen LogP contribution is 2.26. The monoisotopic (exact) mass is 475 g/mol. The third-order valence-electron chi connectivity index (χ3n) is 5.96. The van der Waals surface area contributed by atoms with E-state index in [9.17, 15) is 18.4 Å². The summed E-state index contributed by atoms with van der Waals surface area (Å²) in [4.78, 5) is 29.4. The molecule has 1 unspecified atom stereocenters. The third-order valence-corrected chi connectivity index (χ3v) is 5.96. The molecule has 3 rings (SSSR count). The highest BCUT2D eigenvalue weighted by molar-refractivity contribution is 5.95. The van der Waals surface area contributed by atoms with Gasteiger partial charge in [0.1, 0.15) is 11.5 Å². The van der Waals surface area contributed by atoms with E-state index in [2.05, 4.69) is 10.1 Å². The van der Waals surface area contributed by atoms with Crippen LogP contribution in [-0.2, 0) is 16.0 Å². The number of rotatable bonds is 9. The van der Waals surface area contributed by atoms with Crippen LogP contribution < -0.4 is 14.8 Å². The quantitative estimate of drug-likeness (QED) is 0.598. The topological polar surface area (TPSA) is 71.1 Å². The molecule has 34 heavy (non-hydrogen) atoms. The second kappa shape index (κ2) is 12.3. The number of carbonyl (C=O) groups is 2. The summed E-state index contributed by atoms with van der Waals surface area (Å²) in [6.45, 7) is 1.17. The van der Waals surface area contributed by atoms with Gasteiger partial charge in [0.05, 0.1) is 18.8 Å². The van der Waals surface area contributed by atoms with Gasteiger partial charge >= 0.3 is 6.61 Å². The molecule has 1 saturated heterocycles. The van der Waals surface area contributed by atoms with E-state index in [0.717, 1.165) is 17.7 Å². The van der Waals surface area contributed by atoms with E-state index in [4.69, 9.17) is 4.74 Å². The Labute approximate surface area is 198 Å². The molecule has 0 aliphatic carbocycles. The summed E-state index contributed by atoms with van der Waals surface area (Å²) in [6.07, 6.45) is 1.82. The van der Waals surface area contributed by atoms with E-state index in [1.54, 1.807) is 26.2 Å². The number of nitrogens with zero attached hydrogens (tertiary/aromatic N) is 2. The fourth-order valence-electron chi connectivity index (χ4n) is 3.95. The van der Waals surface area contributed by atoms with Crippen LogP contribution in [0, 0.1) is 0 Å². The molecule has 0 aromatic heterocycles. The van der Waals surface area contributed by atoms with Crippen molar-refractivity contribution in [2.75, 3.05) is 38.6 Å². The molecule has 2 aromatic rings. The largest absolute Gasteiger partial charge is 0.497 e. The van der Waals surface area contributed by atoms with Crippen LogP contribution in [0.4, 0.5) is 14.5 Å². The van der Waals surface area contributed by atoms with Crippen LogP contribution in [0.2, 0.25) is 0 Å². The molecule has 1 N–H and O–H groups in total. The fraction of sp³-hybridized carbons (Fsp3) is 0.440. The number of benzene rings is 2. The summed E-state index contributed by atoms with van der Waals surface area (Å²) in [5, 5.41) is 2.69. The highest BCUT2D eigenvalue weighted by Gasteiger charge is 2.26. The lowest BCUT2D eigenvalue weighted by molar-refractivity contribution is -0.131. The standard InChI is InChI=1S/C25H31F2N3O4/c1-18(24(32)28-21-6-3-4-7-22(21)34-25(26)27)29-14-5-15-30(17-16-29)23(31)13-10-19-8-11-20(33-2)12-9-19/h3-4,6-9,11-12,18,25H,5,10,13-17H2,1-2H3,(H,28,32). The minimum Gasteiger partial charge on any atom is -0.497 e. The van der Waals surface area contributed by atoms with Crippen LogP contribution in [0.5, 0.6) is 11.5 Å². The average molecular weight is 476 g/mol. The van der Waals surface area contributed by atoms with E-state index in [1.165, 1.54) is 12.1 Å². The number of methoxy groups -OCH3 is 1. The van der Waals surface area contributed by atoms with Crippen LogP contribution in [0.15, 0.2) is 48.5 Å². The van der Waals surface area contributed by atoms with Gasteiger partial charge in [-0.25, -0.2) is 0 Å². The molecule has 0 bridgehead atoms. The van der Waals surface area contributed by atoms with Gasteiger partial charge in [0.2, 0.25) is 11.8 Å². The Morgan fingerprint density at radius 3 is 2.47 bits per heavy atom. The number of halogens is 2. The molecule has 1 heterocycles. The number of hydrogen-bond donors (Lipinski definition) is 1. The van der Waals surface area contributed by atoms with Crippen molar-refractivity contribution in [1.29, 1.82) is 0 Å². The highest BCUT2D eigenvalue weighted by atomic mass is 19.3. The molecule has 1 atom stereocenters. The SMILES string of the molecule is COc1ccc(CCC(=O)N2CCCN(C(C)C(=O)Nc3ccccc3OC(F)F)CC2)cc1. The molecule has 0 spiro atoms. The first-order valence-corrected chi connectivity index (χ1v) is 11.4. The molecule has 1 aliphatic heterocycles. The molecule has 2 amide bonds. The summed E-state index contributed by atoms with van der Waals surface area (Å²) in [6, 6.07) is 13.3. The van der Waals surface area contributed by atoms with Crippen molar-refractivity contribution >= 4 is 17.5 Å². The minimum absolute atomic E-state index is 0.0810. The molecule has 1 aliphatic rings. The van der Waals surface area contributed by atoms with Gasteiger partial charge in [-0.15, -0.1) is 0 Å². The fourth-order valence-corrected chi connectivity index (χ4v) is 3.95. The van der Waals surface area contributed by atoms with Gasteiger partial charge in [0.15, 0.2) is 0 Å². The molecular weight excluding hydrogens is 444 g/mol.